The first-order valence-corrected chi connectivity index (χ1v) is 8.17. The van der Waals surface area contributed by atoms with Crippen LogP contribution >= 0.6 is 27.5 Å². The second kappa shape index (κ2) is 6.00. The molecule has 0 heterocycles. The molecular formula is C12H8BrClN2O4S. The number of nitro groups is 1. The molecule has 0 aliphatic rings. The van der Waals surface area contributed by atoms with E-state index in [1.54, 1.807) is 0 Å². The van der Waals surface area contributed by atoms with Crippen LogP contribution < -0.4 is 4.72 Å². The van der Waals surface area contributed by atoms with E-state index in [0.717, 1.165) is 6.07 Å². The lowest BCUT2D eigenvalue weighted by molar-refractivity contribution is -0.385. The van der Waals surface area contributed by atoms with E-state index in [9.17, 15) is 18.5 Å². The number of hydrogen-bond donors (Lipinski definition) is 1. The Labute approximate surface area is 134 Å². The molecule has 2 aromatic carbocycles. The van der Waals surface area contributed by atoms with Crippen molar-refractivity contribution in [3.8, 4) is 0 Å². The molecule has 0 aromatic heterocycles. The number of rotatable bonds is 4. The van der Waals surface area contributed by atoms with Crippen LogP contribution in [0.1, 0.15) is 0 Å². The van der Waals surface area contributed by atoms with Gasteiger partial charge in [-0.1, -0.05) is 17.7 Å². The highest BCUT2D eigenvalue weighted by molar-refractivity contribution is 9.10. The van der Waals surface area contributed by atoms with Crippen molar-refractivity contribution in [1.29, 1.82) is 0 Å². The van der Waals surface area contributed by atoms with E-state index in [-0.39, 0.29) is 16.3 Å². The molecule has 0 aliphatic heterocycles. The monoisotopic (exact) mass is 390 g/mol. The Balaban J connectivity index is 2.38. The van der Waals surface area contributed by atoms with Gasteiger partial charge in [0.15, 0.2) is 0 Å². The van der Waals surface area contributed by atoms with Crippen LogP contribution in [-0.4, -0.2) is 13.3 Å². The predicted molar refractivity (Wildman–Crippen MR) is 83.1 cm³/mol. The number of nitrogens with one attached hydrogen (secondary N) is 1. The van der Waals surface area contributed by atoms with Crippen molar-refractivity contribution in [2.45, 2.75) is 4.90 Å². The lowest BCUT2D eigenvalue weighted by Crippen LogP contribution is -2.13. The molecule has 0 unspecified atom stereocenters. The summed E-state index contributed by atoms with van der Waals surface area (Å²) in [5, 5.41) is 11.1. The molecular weight excluding hydrogens is 384 g/mol. The van der Waals surface area contributed by atoms with Gasteiger partial charge in [0.1, 0.15) is 0 Å². The minimum absolute atomic E-state index is 0.196. The number of halogens is 2. The molecule has 21 heavy (non-hydrogen) atoms. The van der Waals surface area contributed by atoms with Crippen molar-refractivity contribution >= 4 is 48.9 Å². The van der Waals surface area contributed by atoms with Gasteiger partial charge in [-0.15, -0.1) is 0 Å². The minimum Gasteiger partial charge on any atom is -0.278 e. The SMILES string of the molecule is O=[N+]([O-])c1cccc(S(=O)(=O)Nc2ccc(Cl)cc2Br)c1. The molecule has 0 saturated heterocycles. The summed E-state index contributed by atoms with van der Waals surface area (Å²) < 4.78 is 27.3. The first-order chi connectivity index (χ1) is 9.79. The fourth-order valence-electron chi connectivity index (χ4n) is 1.54. The number of sulfonamides is 1. The lowest BCUT2D eigenvalue weighted by atomic mass is 10.3. The van der Waals surface area contributed by atoms with Gasteiger partial charge in [-0.05, 0) is 40.2 Å². The average Bonchev–Trinajstić information content (AvgIpc) is 2.42. The van der Waals surface area contributed by atoms with Gasteiger partial charge in [0.2, 0.25) is 0 Å². The molecule has 0 aliphatic carbocycles. The minimum atomic E-state index is -3.93. The Morgan fingerprint density at radius 2 is 1.90 bits per heavy atom. The summed E-state index contributed by atoms with van der Waals surface area (Å²) in [7, 11) is -3.93. The molecule has 0 radical (unpaired) electrons. The highest BCUT2D eigenvalue weighted by Gasteiger charge is 2.18. The zero-order valence-electron chi connectivity index (χ0n) is 10.3. The molecule has 110 valence electrons. The molecule has 0 atom stereocenters. The molecule has 6 nitrogen and oxygen atoms in total. The third-order valence-electron chi connectivity index (χ3n) is 2.51. The Morgan fingerprint density at radius 1 is 1.19 bits per heavy atom. The van der Waals surface area contributed by atoms with Crippen molar-refractivity contribution in [1.82, 2.24) is 0 Å². The summed E-state index contributed by atoms with van der Waals surface area (Å²) in [4.78, 5) is 9.85. The number of nitro benzene ring substituents is 1. The van der Waals surface area contributed by atoms with Gasteiger partial charge in [-0.3, -0.25) is 14.8 Å². The molecule has 0 saturated carbocycles. The number of hydrogen-bond acceptors (Lipinski definition) is 4. The van der Waals surface area contributed by atoms with Crippen molar-refractivity contribution in [2.75, 3.05) is 4.72 Å². The summed E-state index contributed by atoms with van der Waals surface area (Å²) >= 11 is 8.97. The zero-order valence-corrected chi connectivity index (χ0v) is 13.4. The van der Waals surface area contributed by atoms with Crippen LogP contribution in [0.25, 0.3) is 0 Å². The van der Waals surface area contributed by atoms with Crippen LogP contribution in [0.3, 0.4) is 0 Å². The summed E-state index contributed by atoms with van der Waals surface area (Å²) in [6, 6.07) is 9.35. The van der Waals surface area contributed by atoms with E-state index in [4.69, 9.17) is 11.6 Å². The third kappa shape index (κ3) is 3.72. The van der Waals surface area contributed by atoms with Gasteiger partial charge in [-0.25, -0.2) is 8.42 Å². The van der Waals surface area contributed by atoms with Gasteiger partial charge in [0.25, 0.3) is 15.7 Å². The standard InChI is InChI=1S/C12H8BrClN2O4S/c13-11-6-8(14)4-5-12(11)15-21(19,20)10-3-1-2-9(7-10)16(17)18/h1-7,15H. The van der Waals surface area contributed by atoms with Crippen molar-refractivity contribution in [3.63, 3.8) is 0 Å². The maximum atomic E-state index is 12.2. The lowest BCUT2D eigenvalue weighted by Gasteiger charge is -2.10. The Morgan fingerprint density at radius 3 is 2.52 bits per heavy atom. The van der Waals surface area contributed by atoms with Crippen LogP contribution in [0.2, 0.25) is 5.02 Å². The van der Waals surface area contributed by atoms with Crippen molar-refractivity contribution in [3.05, 3.63) is 62.1 Å². The Bertz CT molecular complexity index is 811. The van der Waals surface area contributed by atoms with Gasteiger partial charge in [-0.2, -0.15) is 0 Å². The second-order valence-corrected chi connectivity index (χ2v) is 6.96. The van der Waals surface area contributed by atoms with E-state index < -0.39 is 14.9 Å². The van der Waals surface area contributed by atoms with Gasteiger partial charge in [0, 0.05) is 21.6 Å². The molecule has 2 aromatic rings. The van der Waals surface area contributed by atoms with Crippen LogP contribution in [0, 0.1) is 10.1 Å². The average molecular weight is 392 g/mol. The fourth-order valence-corrected chi connectivity index (χ4v) is 3.57. The molecule has 0 bridgehead atoms. The Hall–Kier alpha value is -1.64. The van der Waals surface area contributed by atoms with Crippen molar-refractivity contribution < 1.29 is 13.3 Å². The number of non-ortho nitro benzene ring substituents is 1. The molecule has 1 N–H and O–H groups in total. The molecule has 9 heteroatoms. The molecule has 2 rings (SSSR count). The number of benzene rings is 2. The molecule has 0 spiro atoms. The number of nitrogens with zero attached hydrogens (tertiary/aromatic N) is 1. The normalized spacial score (nSPS) is 11.1. The first-order valence-electron chi connectivity index (χ1n) is 5.52. The van der Waals surface area contributed by atoms with Crippen LogP contribution in [0.4, 0.5) is 11.4 Å². The van der Waals surface area contributed by atoms with Gasteiger partial charge < -0.3 is 0 Å². The summed E-state index contributed by atoms with van der Waals surface area (Å²) in [5.41, 5.74) is -0.0149. The topological polar surface area (TPSA) is 89.3 Å². The van der Waals surface area contributed by atoms with Gasteiger partial charge >= 0.3 is 0 Å². The highest BCUT2D eigenvalue weighted by atomic mass is 79.9. The van der Waals surface area contributed by atoms with E-state index in [2.05, 4.69) is 20.7 Å². The summed E-state index contributed by atoms with van der Waals surface area (Å²) in [5.74, 6) is 0. The smallest absolute Gasteiger partial charge is 0.270 e. The van der Waals surface area contributed by atoms with E-state index in [1.165, 1.54) is 36.4 Å². The van der Waals surface area contributed by atoms with Crippen molar-refractivity contribution in [2.24, 2.45) is 0 Å². The van der Waals surface area contributed by atoms with Crippen LogP contribution in [0.15, 0.2) is 51.8 Å². The molecule has 0 fully saturated rings. The predicted octanol–water partition coefficient (Wildman–Crippen LogP) is 3.81. The third-order valence-corrected chi connectivity index (χ3v) is 4.77. The molecule has 0 amide bonds. The van der Waals surface area contributed by atoms with E-state index in [1.807, 2.05) is 0 Å². The zero-order chi connectivity index (χ0) is 15.6. The second-order valence-electron chi connectivity index (χ2n) is 3.98. The number of anilines is 1. The maximum Gasteiger partial charge on any atom is 0.270 e. The fraction of sp³-hybridized carbons (Fsp3) is 0. The first kappa shape index (κ1) is 15.7. The van der Waals surface area contributed by atoms with E-state index in [0.29, 0.717) is 9.50 Å². The maximum absolute atomic E-state index is 12.2. The summed E-state index contributed by atoms with van der Waals surface area (Å²) in [6.45, 7) is 0. The van der Waals surface area contributed by atoms with Gasteiger partial charge in [0.05, 0.1) is 15.5 Å². The largest absolute Gasteiger partial charge is 0.278 e. The van der Waals surface area contributed by atoms with Crippen LogP contribution in [-0.2, 0) is 10.0 Å². The van der Waals surface area contributed by atoms with E-state index >= 15 is 0 Å². The quantitative estimate of drug-likeness (QED) is 0.634. The highest BCUT2D eigenvalue weighted by Crippen LogP contribution is 2.28. The van der Waals surface area contributed by atoms with Crippen LogP contribution in [0.5, 0.6) is 0 Å². The summed E-state index contributed by atoms with van der Waals surface area (Å²) in [6.07, 6.45) is 0. The Kier molecular flexibility index (Phi) is 4.50.